The summed E-state index contributed by atoms with van der Waals surface area (Å²) in [7, 11) is 0. The molecule has 0 atom stereocenters. The number of rotatable bonds is 3. The first-order chi connectivity index (χ1) is 9.70. The Kier molecular flexibility index (Phi) is 3.56. The van der Waals surface area contributed by atoms with Crippen LogP contribution in [-0.2, 0) is 6.42 Å². The highest BCUT2D eigenvalue weighted by Gasteiger charge is 2.08. The zero-order valence-electron chi connectivity index (χ0n) is 11.5. The van der Waals surface area contributed by atoms with Crippen molar-refractivity contribution in [1.82, 2.24) is 14.3 Å². The van der Waals surface area contributed by atoms with Crippen LogP contribution in [0.5, 0.6) is 0 Å². The highest BCUT2D eigenvalue weighted by atomic mass is 32.1. The van der Waals surface area contributed by atoms with E-state index in [0.717, 1.165) is 28.6 Å². The molecule has 3 aromatic rings. The molecule has 1 aromatic carbocycles. The summed E-state index contributed by atoms with van der Waals surface area (Å²) in [4.78, 5) is 9.04. The number of hydrogen-bond acceptors (Lipinski definition) is 4. The van der Waals surface area contributed by atoms with Gasteiger partial charge in [-0.1, -0.05) is 35.9 Å². The van der Waals surface area contributed by atoms with Gasteiger partial charge in [-0.3, -0.25) is 0 Å². The van der Waals surface area contributed by atoms with Gasteiger partial charge in [0.05, 0.1) is 0 Å². The second-order valence-electron chi connectivity index (χ2n) is 4.84. The third kappa shape index (κ3) is 2.91. The van der Waals surface area contributed by atoms with Gasteiger partial charge in [0.1, 0.15) is 10.7 Å². The summed E-state index contributed by atoms with van der Waals surface area (Å²) in [6.07, 6.45) is 0.823. The predicted octanol–water partition coefficient (Wildman–Crippen LogP) is 3.81. The van der Waals surface area contributed by atoms with Crippen molar-refractivity contribution in [2.75, 3.05) is 0 Å². The van der Waals surface area contributed by atoms with E-state index in [9.17, 15) is 0 Å². The van der Waals surface area contributed by atoms with Crippen LogP contribution in [0.2, 0.25) is 0 Å². The Morgan fingerprint density at radius 1 is 0.950 bits per heavy atom. The molecule has 0 amide bonds. The molecule has 4 heteroatoms. The normalized spacial score (nSPS) is 10.7. The van der Waals surface area contributed by atoms with E-state index in [1.54, 1.807) is 0 Å². The fourth-order valence-corrected chi connectivity index (χ4v) is 2.66. The fourth-order valence-electron chi connectivity index (χ4n) is 1.98. The van der Waals surface area contributed by atoms with Crippen molar-refractivity contribution < 1.29 is 0 Å². The first-order valence-corrected chi connectivity index (χ1v) is 7.30. The summed E-state index contributed by atoms with van der Waals surface area (Å²) in [6, 6.07) is 14.4. The molecule has 0 spiro atoms. The third-order valence-corrected chi connectivity index (χ3v) is 3.77. The van der Waals surface area contributed by atoms with Gasteiger partial charge in [0.25, 0.3) is 0 Å². The number of pyridine rings is 1. The first kappa shape index (κ1) is 12.9. The molecule has 0 aliphatic heterocycles. The quantitative estimate of drug-likeness (QED) is 0.733. The molecule has 0 bridgehead atoms. The van der Waals surface area contributed by atoms with Gasteiger partial charge in [-0.25, -0.2) is 9.97 Å². The highest BCUT2D eigenvalue weighted by Crippen LogP contribution is 2.18. The molecule has 3 nitrogen and oxygen atoms in total. The second-order valence-corrected chi connectivity index (χ2v) is 5.67. The minimum absolute atomic E-state index is 0.723. The zero-order chi connectivity index (χ0) is 13.9. The molecule has 0 N–H and O–H groups in total. The van der Waals surface area contributed by atoms with Gasteiger partial charge >= 0.3 is 0 Å². The van der Waals surface area contributed by atoms with E-state index in [1.165, 1.54) is 22.7 Å². The number of aryl methyl sites for hydroxylation is 2. The van der Waals surface area contributed by atoms with Gasteiger partial charge < -0.3 is 0 Å². The summed E-state index contributed by atoms with van der Waals surface area (Å²) in [5.41, 5.74) is 4.36. The Labute approximate surface area is 122 Å². The number of aromatic nitrogens is 3. The molecule has 2 aromatic heterocycles. The van der Waals surface area contributed by atoms with Gasteiger partial charge in [0.2, 0.25) is 0 Å². The van der Waals surface area contributed by atoms with Crippen LogP contribution >= 0.6 is 11.5 Å². The molecule has 100 valence electrons. The lowest BCUT2D eigenvalue weighted by molar-refractivity contribution is 1.11. The number of benzene rings is 1. The molecule has 0 aliphatic rings. The average Bonchev–Trinajstić information content (AvgIpc) is 2.90. The second kappa shape index (κ2) is 5.51. The van der Waals surface area contributed by atoms with Gasteiger partial charge in [0, 0.05) is 12.1 Å². The maximum absolute atomic E-state index is 4.58. The van der Waals surface area contributed by atoms with E-state index in [2.05, 4.69) is 45.5 Å². The van der Waals surface area contributed by atoms with E-state index in [4.69, 9.17) is 0 Å². The molecule has 3 rings (SSSR count). The Morgan fingerprint density at radius 3 is 2.50 bits per heavy atom. The molecule has 0 radical (unpaired) electrons. The number of nitrogens with zero attached hydrogens (tertiary/aromatic N) is 3. The SMILES string of the molecule is Cc1ccc(Cc2nc(-c3cccc(C)n3)ns2)cc1. The van der Waals surface area contributed by atoms with Crippen LogP contribution in [0.15, 0.2) is 42.5 Å². The number of hydrogen-bond donors (Lipinski definition) is 0. The van der Waals surface area contributed by atoms with Crippen molar-refractivity contribution in [3.8, 4) is 11.5 Å². The predicted molar refractivity (Wildman–Crippen MR) is 81.9 cm³/mol. The molecule has 2 heterocycles. The van der Waals surface area contributed by atoms with Crippen LogP contribution in [0, 0.1) is 13.8 Å². The van der Waals surface area contributed by atoms with Crippen molar-refractivity contribution in [2.45, 2.75) is 20.3 Å². The maximum atomic E-state index is 4.58. The first-order valence-electron chi connectivity index (χ1n) is 6.53. The molecule has 0 saturated heterocycles. The Hall–Kier alpha value is -2.07. The molecule has 0 fully saturated rings. The Balaban J connectivity index is 1.82. The molecule has 0 aliphatic carbocycles. The van der Waals surface area contributed by atoms with E-state index in [-0.39, 0.29) is 0 Å². The molecule has 20 heavy (non-hydrogen) atoms. The summed E-state index contributed by atoms with van der Waals surface area (Å²) in [6.45, 7) is 4.07. The topological polar surface area (TPSA) is 38.7 Å². The lowest BCUT2D eigenvalue weighted by Crippen LogP contribution is -1.90. The van der Waals surface area contributed by atoms with Gasteiger partial charge in [-0.05, 0) is 43.1 Å². The van der Waals surface area contributed by atoms with Crippen molar-refractivity contribution in [1.29, 1.82) is 0 Å². The van der Waals surface area contributed by atoms with E-state index in [0.29, 0.717) is 0 Å². The van der Waals surface area contributed by atoms with E-state index in [1.807, 2.05) is 25.1 Å². The maximum Gasteiger partial charge on any atom is 0.191 e. The standard InChI is InChI=1S/C16H15N3S/c1-11-6-8-13(9-7-11)10-15-18-16(19-20-15)14-5-3-4-12(2)17-14/h3-9H,10H2,1-2H3. The summed E-state index contributed by atoms with van der Waals surface area (Å²) in [5, 5.41) is 1.02. The summed E-state index contributed by atoms with van der Waals surface area (Å²) < 4.78 is 4.41. The summed E-state index contributed by atoms with van der Waals surface area (Å²) in [5.74, 6) is 0.723. The smallest absolute Gasteiger partial charge is 0.191 e. The van der Waals surface area contributed by atoms with Crippen LogP contribution in [-0.4, -0.2) is 14.3 Å². The van der Waals surface area contributed by atoms with Crippen LogP contribution in [0.1, 0.15) is 21.8 Å². The minimum atomic E-state index is 0.723. The largest absolute Gasteiger partial charge is 0.250 e. The minimum Gasteiger partial charge on any atom is -0.250 e. The van der Waals surface area contributed by atoms with Crippen LogP contribution in [0.25, 0.3) is 11.5 Å². The highest BCUT2D eigenvalue weighted by molar-refractivity contribution is 7.05. The van der Waals surface area contributed by atoms with Gasteiger partial charge in [0.15, 0.2) is 5.82 Å². The van der Waals surface area contributed by atoms with Crippen molar-refractivity contribution in [3.05, 3.63) is 64.3 Å². The van der Waals surface area contributed by atoms with E-state index >= 15 is 0 Å². The lowest BCUT2D eigenvalue weighted by Gasteiger charge is -1.98. The Bertz CT molecular complexity index is 717. The molecule has 0 saturated carbocycles. The molecule has 0 unspecified atom stereocenters. The van der Waals surface area contributed by atoms with Gasteiger partial charge in [-0.15, -0.1) is 0 Å². The van der Waals surface area contributed by atoms with Gasteiger partial charge in [-0.2, -0.15) is 4.37 Å². The van der Waals surface area contributed by atoms with Crippen molar-refractivity contribution in [2.24, 2.45) is 0 Å². The zero-order valence-corrected chi connectivity index (χ0v) is 12.3. The fraction of sp³-hybridized carbons (Fsp3) is 0.188. The van der Waals surface area contributed by atoms with Crippen LogP contribution < -0.4 is 0 Å². The molecular weight excluding hydrogens is 266 g/mol. The van der Waals surface area contributed by atoms with Crippen molar-refractivity contribution in [3.63, 3.8) is 0 Å². The lowest BCUT2D eigenvalue weighted by atomic mass is 10.1. The average molecular weight is 281 g/mol. The van der Waals surface area contributed by atoms with Crippen molar-refractivity contribution >= 4 is 11.5 Å². The van der Waals surface area contributed by atoms with E-state index < -0.39 is 0 Å². The monoisotopic (exact) mass is 281 g/mol. The molecular formula is C16H15N3S. The Morgan fingerprint density at radius 2 is 1.75 bits per heavy atom. The summed E-state index contributed by atoms with van der Waals surface area (Å²) >= 11 is 1.45. The van der Waals surface area contributed by atoms with Crippen LogP contribution in [0.3, 0.4) is 0 Å². The third-order valence-electron chi connectivity index (χ3n) is 3.06. The van der Waals surface area contributed by atoms with Crippen LogP contribution in [0.4, 0.5) is 0 Å².